The maximum atomic E-state index is 5.65. The van der Waals surface area contributed by atoms with Crippen LogP contribution in [-0.2, 0) is 4.74 Å². The monoisotopic (exact) mass is 171 g/mol. The third-order valence-electron chi connectivity index (χ3n) is 2.91. The van der Waals surface area contributed by atoms with Crippen LogP contribution < -0.4 is 5.73 Å². The van der Waals surface area contributed by atoms with Gasteiger partial charge in [0, 0.05) is 6.61 Å². The fourth-order valence-corrected chi connectivity index (χ4v) is 1.96. The van der Waals surface area contributed by atoms with E-state index in [2.05, 4.69) is 20.8 Å². The van der Waals surface area contributed by atoms with Crippen molar-refractivity contribution in [1.82, 2.24) is 0 Å². The van der Waals surface area contributed by atoms with Gasteiger partial charge in [-0.1, -0.05) is 6.92 Å². The Kier molecular flexibility index (Phi) is 3.13. The molecule has 0 amide bonds. The van der Waals surface area contributed by atoms with E-state index in [4.69, 9.17) is 10.5 Å². The van der Waals surface area contributed by atoms with Gasteiger partial charge < -0.3 is 10.5 Å². The first kappa shape index (κ1) is 10.0. The minimum absolute atomic E-state index is 0.0757. The van der Waals surface area contributed by atoms with E-state index in [9.17, 15) is 0 Å². The highest BCUT2D eigenvalue weighted by atomic mass is 16.5. The lowest BCUT2D eigenvalue weighted by atomic mass is 9.80. The lowest BCUT2D eigenvalue weighted by molar-refractivity contribution is -0.0805. The highest BCUT2D eigenvalue weighted by Crippen LogP contribution is 2.32. The second kappa shape index (κ2) is 3.75. The molecule has 2 nitrogen and oxygen atoms in total. The van der Waals surface area contributed by atoms with E-state index in [-0.39, 0.29) is 5.60 Å². The molecule has 2 N–H and O–H groups in total. The molecule has 2 atom stereocenters. The second-order valence-corrected chi connectivity index (χ2v) is 4.57. The molecule has 12 heavy (non-hydrogen) atoms. The number of rotatable bonds is 2. The molecule has 1 saturated heterocycles. The molecule has 0 saturated carbocycles. The molecule has 1 heterocycles. The Hall–Kier alpha value is -0.0800. The average Bonchev–Trinajstić information content (AvgIpc) is 2.01. The summed E-state index contributed by atoms with van der Waals surface area (Å²) in [4.78, 5) is 0. The molecule has 1 fully saturated rings. The molecule has 0 radical (unpaired) electrons. The van der Waals surface area contributed by atoms with Crippen LogP contribution in [0.25, 0.3) is 0 Å². The third kappa shape index (κ3) is 2.46. The summed E-state index contributed by atoms with van der Waals surface area (Å²) in [5.41, 5.74) is 5.73. The molecule has 1 unspecified atom stereocenters. The van der Waals surface area contributed by atoms with Crippen molar-refractivity contribution in [2.75, 3.05) is 13.2 Å². The summed E-state index contributed by atoms with van der Waals surface area (Å²) in [6.07, 6.45) is 2.34. The normalized spacial score (nSPS) is 31.5. The van der Waals surface area contributed by atoms with Gasteiger partial charge in [-0.15, -0.1) is 0 Å². The molecule has 1 aliphatic rings. The van der Waals surface area contributed by atoms with Gasteiger partial charge in [-0.2, -0.15) is 0 Å². The Morgan fingerprint density at radius 1 is 1.58 bits per heavy atom. The predicted octanol–water partition coefficient (Wildman–Crippen LogP) is 1.79. The van der Waals surface area contributed by atoms with Crippen LogP contribution in [0.1, 0.15) is 33.6 Å². The van der Waals surface area contributed by atoms with Crippen molar-refractivity contribution in [2.45, 2.75) is 39.2 Å². The molecule has 0 bridgehead atoms. The molecule has 0 spiro atoms. The van der Waals surface area contributed by atoms with Crippen molar-refractivity contribution in [1.29, 1.82) is 0 Å². The summed E-state index contributed by atoms with van der Waals surface area (Å²) >= 11 is 0. The second-order valence-electron chi connectivity index (χ2n) is 4.57. The number of ether oxygens (including phenoxy) is 1. The summed E-state index contributed by atoms with van der Waals surface area (Å²) in [5.74, 6) is 1.41. The zero-order chi connectivity index (χ0) is 9.19. The molecular weight excluding hydrogens is 150 g/mol. The van der Waals surface area contributed by atoms with Gasteiger partial charge in [0.2, 0.25) is 0 Å². The van der Waals surface area contributed by atoms with E-state index < -0.39 is 0 Å². The van der Waals surface area contributed by atoms with E-state index in [0.29, 0.717) is 5.92 Å². The Morgan fingerprint density at radius 2 is 2.25 bits per heavy atom. The van der Waals surface area contributed by atoms with Gasteiger partial charge in [-0.3, -0.25) is 0 Å². The maximum absolute atomic E-state index is 5.65. The van der Waals surface area contributed by atoms with Crippen molar-refractivity contribution in [3.8, 4) is 0 Å². The van der Waals surface area contributed by atoms with Gasteiger partial charge in [-0.25, -0.2) is 0 Å². The topological polar surface area (TPSA) is 35.2 Å². The molecule has 0 aromatic heterocycles. The number of hydrogen-bond donors (Lipinski definition) is 1. The average molecular weight is 171 g/mol. The van der Waals surface area contributed by atoms with Crippen LogP contribution in [0.2, 0.25) is 0 Å². The highest BCUT2D eigenvalue weighted by molar-refractivity contribution is 4.81. The van der Waals surface area contributed by atoms with Crippen molar-refractivity contribution in [2.24, 2.45) is 17.6 Å². The third-order valence-corrected chi connectivity index (χ3v) is 2.91. The van der Waals surface area contributed by atoms with Crippen LogP contribution in [0.3, 0.4) is 0 Å². The van der Waals surface area contributed by atoms with Crippen molar-refractivity contribution < 1.29 is 4.74 Å². The Labute approximate surface area is 75.5 Å². The van der Waals surface area contributed by atoms with Crippen LogP contribution >= 0.6 is 0 Å². The molecule has 1 aliphatic heterocycles. The van der Waals surface area contributed by atoms with Gasteiger partial charge >= 0.3 is 0 Å². The lowest BCUT2D eigenvalue weighted by Gasteiger charge is -2.37. The molecular formula is C10H21NO. The van der Waals surface area contributed by atoms with E-state index in [0.717, 1.165) is 25.5 Å². The first-order chi connectivity index (χ1) is 5.55. The number of nitrogens with two attached hydrogens (primary N) is 1. The summed E-state index contributed by atoms with van der Waals surface area (Å²) in [5, 5.41) is 0. The SMILES string of the molecule is C[C@@H](CN)C1CCOC(C)(C)C1. The lowest BCUT2D eigenvalue weighted by Crippen LogP contribution is -2.37. The maximum Gasteiger partial charge on any atom is 0.0629 e. The summed E-state index contributed by atoms with van der Waals surface area (Å²) < 4.78 is 5.65. The smallest absolute Gasteiger partial charge is 0.0629 e. The van der Waals surface area contributed by atoms with Crippen LogP contribution in [0, 0.1) is 11.8 Å². The van der Waals surface area contributed by atoms with E-state index in [1.165, 1.54) is 6.42 Å². The van der Waals surface area contributed by atoms with Gasteiger partial charge in [0.25, 0.3) is 0 Å². The van der Waals surface area contributed by atoms with E-state index in [1.54, 1.807) is 0 Å². The quantitative estimate of drug-likeness (QED) is 0.687. The molecule has 0 aromatic rings. The molecule has 1 rings (SSSR count). The zero-order valence-electron chi connectivity index (χ0n) is 8.47. The molecule has 0 aliphatic carbocycles. The van der Waals surface area contributed by atoms with E-state index in [1.807, 2.05) is 0 Å². The van der Waals surface area contributed by atoms with Crippen molar-refractivity contribution in [3.63, 3.8) is 0 Å². The van der Waals surface area contributed by atoms with Crippen LogP contribution in [-0.4, -0.2) is 18.8 Å². The van der Waals surface area contributed by atoms with Crippen LogP contribution in [0.4, 0.5) is 0 Å². The van der Waals surface area contributed by atoms with E-state index >= 15 is 0 Å². The van der Waals surface area contributed by atoms with Gasteiger partial charge in [0.1, 0.15) is 0 Å². The Bertz CT molecular complexity index is 145. The van der Waals surface area contributed by atoms with Gasteiger partial charge in [0.05, 0.1) is 5.60 Å². The van der Waals surface area contributed by atoms with Crippen molar-refractivity contribution in [3.05, 3.63) is 0 Å². The predicted molar refractivity (Wildman–Crippen MR) is 51.0 cm³/mol. The summed E-state index contributed by atoms with van der Waals surface area (Å²) in [7, 11) is 0. The first-order valence-electron chi connectivity index (χ1n) is 4.89. The zero-order valence-corrected chi connectivity index (χ0v) is 8.47. The standard InChI is InChI=1S/C10H21NO/c1-8(7-11)9-4-5-12-10(2,3)6-9/h8-9H,4-7,11H2,1-3H3/t8-,9?/m0/s1. The summed E-state index contributed by atoms with van der Waals surface area (Å²) in [6, 6.07) is 0. The number of hydrogen-bond acceptors (Lipinski definition) is 2. The molecule has 72 valence electrons. The summed E-state index contributed by atoms with van der Waals surface area (Å²) in [6.45, 7) is 8.29. The Morgan fingerprint density at radius 3 is 2.75 bits per heavy atom. The Balaban J connectivity index is 2.46. The van der Waals surface area contributed by atoms with Gasteiger partial charge in [-0.05, 0) is 45.1 Å². The minimum atomic E-state index is 0.0757. The van der Waals surface area contributed by atoms with Crippen LogP contribution in [0.5, 0.6) is 0 Å². The fraction of sp³-hybridized carbons (Fsp3) is 1.00. The van der Waals surface area contributed by atoms with Crippen molar-refractivity contribution >= 4 is 0 Å². The molecule has 2 heteroatoms. The fourth-order valence-electron chi connectivity index (χ4n) is 1.96. The highest BCUT2D eigenvalue weighted by Gasteiger charge is 2.30. The molecule has 0 aromatic carbocycles. The largest absolute Gasteiger partial charge is 0.376 e. The van der Waals surface area contributed by atoms with Crippen LogP contribution in [0.15, 0.2) is 0 Å². The minimum Gasteiger partial charge on any atom is -0.376 e. The first-order valence-corrected chi connectivity index (χ1v) is 4.89. The van der Waals surface area contributed by atoms with Gasteiger partial charge in [0.15, 0.2) is 0 Å².